The molecular weight excluding hydrogens is 852 g/mol. The molecule has 0 spiro atoms. The van der Waals surface area contributed by atoms with E-state index >= 15 is 0 Å². The quantitative estimate of drug-likeness (QED) is 0.129. The predicted octanol–water partition coefficient (Wildman–Crippen LogP) is 9.19. The number of rotatable bonds is 13. The lowest BCUT2D eigenvalue weighted by atomic mass is 9.37. The number of carboxylic acids is 1. The van der Waals surface area contributed by atoms with Crippen LogP contribution in [0.3, 0.4) is 0 Å². The lowest BCUT2D eigenvalue weighted by Gasteiger charge is -2.67. The molecule has 1 aromatic rings. The first-order chi connectivity index (χ1) is 31.2. The minimum atomic E-state index is -1.21. The number of Topliss-reactive ketones (excluding diaryl/α,β-unsaturated/α-hetero) is 2. The molecule has 7 aliphatic rings. The molecule has 366 valence electrons. The molecule has 66 heavy (non-hydrogen) atoms. The Bertz CT molecular complexity index is 2060. The van der Waals surface area contributed by atoms with Gasteiger partial charge < -0.3 is 31.5 Å². The third kappa shape index (κ3) is 9.16. The number of halogens is 1. The first-order valence-corrected chi connectivity index (χ1v) is 26.0. The average Bonchev–Trinajstić information content (AvgIpc) is 3.57. The van der Waals surface area contributed by atoms with Crippen LogP contribution in [0.1, 0.15) is 156 Å². The standard InChI is InChI=1S/C53H76ClN3O7.CH5N/c1-29(2)45-42(59)28-53(21-24-56-49(63)50(5,6)57-47(60)36-10-9-33(54)26-43(36)64-34-16-22-55-23-17-34)20-15-40-35(46(45)53)11-12-44-51(7)18-13-32(30(3)39(51)14-19-52(40,44)8)25-41(58)37-27-38(31(37)4)48(61)62;1-2/h9-10,26,29-32,34-35,37-40,44,55H,11-25,27-28H2,1-8H3,(H,56,63)(H,57,60)(H,61,62);2H2,1H3. The number of carboxylic acid groups (broad SMARTS) is 1. The summed E-state index contributed by atoms with van der Waals surface area (Å²) in [6.45, 7) is 19.4. The molecule has 0 aromatic heterocycles. The number of aliphatic carboxylic acids is 1. The molecule has 6 fully saturated rings. The molecule has 1 aromatic carbocycles. The van der Waals surface area contributed by atoms with E-state index in [9.17, 15) is 29.1 Å². The van der Waals surface area contributed by atoms with Gasteiger partial charge in [0.25, 0.3) is 5.91 Å². The van der Waals surface area contributed by atoms with Crippen molar-refractivity contribution in [2.24, 2.45) is 81.2 Å². The van der Waals surface area contributed by atoms with Crippen LogP contribution >= 0.6 is 11.6 Å². The number of piperidine rings is 1. The highest BCUT2D eigenvalue weighted by Gasteiger charge is 2.65. The molecule has 0 radical (unpaired) electrons. The molecule has 11 nitrogen and oxygen atoms in total. The Balaban J connectivity index is 0.00000320. The second-order valence-electron chi connectivity index (χ2n) is 23.2. The molecule has 0 bridgehead atoms. The number of ketones is 2. The summed E-state index contributed by atoms with van der Waals surface area (Å²) in [5.74, 6) is 1.98. The van der Waals surface area contributed by atoms with Gasteiger partial charge in [-0.1, -0.05) is 58.7 Å². The molecule has 8 rings (SSSR count). The summed E-state index contributed by atoms with van der Waals surface area (Å²) in [6.07, 6.45) is 12.8. The summed E-state index contributed by atoms with van der Waals surface area (Å²) in [5, 5.41) is 19.5. The van der Waals surface area contributed by atoms with Crippen molar-refractivity contribution in [1.29, 1.82) is 0 Å². The fraction of sp³-hybridized carbons (Fsp3) is 0.759. The van der Waals surface area contributed by atoms with Crippen LogP contribution < -0.4 is 26.4 Å². The highest BCUT2D eigenvalue weighted by atomic mass is 35.5. The number of amides is 2. The second kappa shape index (κ2) is 19.6. The van der Waals surface area contributed by atoms with Gasteiger partial charge in [-0.25, -0.2) is 0 Å². The van der Waals surface area contributed by atoms with Gasteiger partial charge in [0.2, 0.25) is 5.91 Å². The number of nitrogens with one attached hydrogen (secondary N) is 3. The number of fused-ring (bicyclic) bond motifs is 7. The van der Waals surface area contributed by atoms with Crippen LogP contribution in [0.5, 0.6) is 5.75 Å². The van der Waals surface area contributed by atoms with E-state index in [0.29, 0.717) is 84.1 Å². The molecular formula is C54H81ClN4O7. The molecule has 12 heteroatoms. The van der Waals surface area contributed by atoms with Gasteiger partial charge in [0, 0.05) is 35.7 Å². The molecule has 6 N–H and O–H groups in total. The van der Waals surface area contributed by atoms with Gasteiger partial charge in [-0.15, -0.1) is 0 Å². The number of allylic oxidation sites excluding steroid dienone is 2. The minimum Gasteiger partial charge on any atom is -0.489 e. The normalized spacial score (nSPS) is 36.4. The average molecular weight is 934 g/mol. The first kappa shape index (κ1) is 50.6. The Hall–Kier alpha value is -3.28. The van der Waals surface area contributed by atoms with E-state index in [1.807, 2.05) is 6.92 Å². The largest absolute Gasteiger partial charge is 0.489 e. The van der Waals surface area contributed by atoms with Gasteiger partial charge in [-0.3, -0.25) is 24.0 Å². The Morgan fingerprint density at radius 1 is 0.924 bits per heavy atom. The maximum absolute atomic E-state index is 14.2. The molecule has 12 atom stereocenters. The Labute approximate surface area is 399 Å². The Kier molecular flexibility index (Phi) is 15.0. The van der Waals surface area contributed by atoms with Gasteiger partial charge in [-0.2, -0.15) is 0 Å². The van der Waals surface area contributed by atoms with Crippen LogP contribution in [0, 0.1) is 75.4 Å². The monoisotopic (exact) mass is 933 g/mol. The number of benzene rings is 1. The maximum Gasteiger partial charge on any atom is 0.306 e. The zero-order chi connectivity index (χ0) is 48.1. The molecule has 1 aliphatic heterocycles. The zero-order valence-electron chi connectivity index (χ0n) is 41.5. The van der Waals surface area contributed by atoms with E-state index in [4.69, 9.17) is 16.3 Å². The number of hydrogen-bond acceptors (Lipinski definition) is 8. The summed E-state index contributed by atoms with van der Waals surface area (Å²) >= 11 is 6.34. The number of nitrogens with two attached hydrogens (primary N) is 1. The lowest BCUT2D eigenvalue weighted by molar-refractivity contribution is -0.172. The number of carbonyl (C=O) groups is 5. The van der Waals surface area contributed by atoms with Crippen LogP contribution in [0.2, 0.25) is 5.02 Å². The van der Waals surface area contributed by atoms with Gasteiger partial charge in [0.05, 0.1) is 11.5 Å². The third-order valence-corrected chi connectivity index (χ3v) is 19.4. The van der Waals surface area contributed by atoms with Crippen molar-refractivity contribution in [3.63, 3.8) is 0 Å². The van der Waals surface area contributed by atoms with E-state index < -0.39 is 17.4 Å². The number of carbonyl (C=O) groups excluding carboxylic acids is 4. The second-order valence-corrected chi connectivity index (χ2v) is 23.6. The van der Waals surface area contributed by atoms with Crippen LogP contribution in [-0.2, 0) is 19.2 Å². The lowest BCUT2D eigenvalue weighted by Crippen LogP contribution is -2.60. The van der Waals surface area contributed by atoms with Gasteiger partial charge in [-0.05, 0) is 193 Å². The summed E-state index contributed by atoms with van der Waals surface area (Å²) < 4.78 is 6.27. The van der Waals surface area contributed by atoms with Crippen LogP contribution in [0.4, 0.5) is 0 Å². The van der Waals surface area contributed by atoms with Gasteiger partial charge in [0.15, 0.2) is 5.78 Å². The highest BCUT2D eigenvalue weighted by molar-refractivity contribution is 6.30. The van der Waals surface area contributed by atoms with Crippen molar-refractivity contribution < 1.29 is 33.8 Å². The van der Waals surface area contributed by atoms with E-state index in [-0.39, 0.29) is 63.5 Å². The molecule has 2 amide bonds. The van der Waals surface area contributed by atoms with Gasteiger partial charge in [0.1, 0.15) is 23.2 Å². The topological polar surface area (TPSA) is 177 Å². The van der Waals surface area contributed by atoms with Crippen molar-refractivity contribution in [1.82, 2.24) is 16.0 Å². The Morgan fingerprint density at radius 2 is 1.59 bits per heavy atom. The molecule has 1 saturated heterocycles. The van der Waals surface area contributed by atoms with Crippen molar-refractivity contribution >= 4 is 41.0 Å². The van der Waals surface area contributed by atoms with Crippen molar-refractivity contribution in [2.75, 3.05) is 26.7 Å². The highest BCUT2D eigenvalue weighted by Crippen LogP contribution is 2.72. The first-order valence-electron chi connectivity index (χ1n) is 25.6. The van der Waals surface area contributed by atoms with E-state index in [0.717, 1.165) is 70.0 Å². The van der Waals surface area contributed by atoms with Gasteiger partial charge >= 0.3 is 5.97 Å². The third-order valence-electron chi connectivity index (χ3n) is 19.1. The van der Waals surface area contributed by atoms with Crippen molar-refractivity contribution in [3.8, 4) is 5.75 Å². The van der Waals surface area contributed by atoms with Crippen molar-refractivity contribution in [2.45, 2.75) is 157 Å². The molecule has 12 unspecified atom stereocenters. The van der Waals surface area contributed by atoms with E-state index in [1.165, 1.54) is 25.5 Å². The van der Waals surface area contributed by atoms with Crippen LogP contribution in [0.25, 0.3) is 0 Å². The summed E-state index contributed by atoms with van der Waals surface area (Å²) in [4.78, 5) is 67.0. The smallest absolute Gasteiger partial charge is 0.306 e. The molecule has 1 heterocycles. The van der Waals surface area contributed by atoms with Crippen molar-refractivity contribution in [3.05, 3.63) is 39.9 Å². The van der Waals surface area contributed by atoms with E-state index in [1.54, 1.807) is 32.0 Å². The number of hydrogen-bond donors (Lipinski definition) is 5. The number of ether oxygens (including phenoxy) is 1. The minimum absolute atomic E-state index is 0.0239. The molecule has 6 aliphatic carbocycles. The Morgan fingerprint density at radius 3 is 2.26 bits per heavy atom. The summed E-state index contributed by atoms with van der Waals surface area (Å²) in [5.41, 5.74) is 6.19. The summed E-state index contributed by atoms with van der Waals surface area (Å²) in [7, 11) is 1.50. The molecule has 5 saturated carbocycles. The SMILES string of the molecule is CC(C)C1=C2C3CCC4C(C)(CCC5C(C)C(CC(=O)C6CC(C(=O)O)C6C)CCC54C)C3CCC2(CCNC(=O)C(C)(C)NC(=O)c2ccc(Cl)cc2OC2CCNCC2)CC1=O.CN. The van der Waals surface area contributed by atoms with Crippen LogP contribution in [0.15, 0.2) is 29.3 Å². The predicted molar refractivity (Wildman–Crippen MR) is 259 cm³/mol. The maximum atomic E-state index is 14.2. The fourth-order valence-electron chi connectivity index (χ4n) is 15.6. The van der Waals surface area contributed by atoms with E-state index in [2.05, 4.69) is 56.3 Å². The van der Waals surface area contributed by atoms with Crippen LogP contribution in [-0.4, -0.2) is 72.8 Å². The zero-order valence-corrected chi connectivity index (χ0v) is 42.2. The fourth-order valence-corrected chi connectivity index (χ4v) is 15.8. The summed E-state index contributed by atoms with van der Waals surface area (Å²) in [6, 6.07) is 5.00.